The van der Waals surface area contributed by atoms with Crippen molar-refractivity contribution >= 4 is 12.6 Å². The van der Waals surface area contributed by atoms with Gasteiger partial charge in [0.15, 0.2) is 0 Å². The molecular formula is C12H25NS. The van der Waals surface area contributed by atoms with Crippen LogP contribution in [0, 0.1) is 5.41 Å². The van der Waals surface area contributed by atoms with Crippen molar-refractivity contribution in [2.24, 2.45) is 5.41 Å². The lowest BCUT2D eigenvalue weighted by atomic mass is 9.87. The fourth-order valence-electron chi connectivity index (χ4n) is 2.58. The Morgan fingerprint density at radius 1 is 1.29 bits per heavy atom. The molecule has 1 rings (SSSR count). The summed E-state index contributed by atoms with van der Waals surface area (Å²) in [6, 6.07) is 0.678. The largest absolute Gasteiger partial charge is 0.301 e. The Kier molecular flexibility index (Phi) is 4.78. The summed E-state index contributed by atoms with van der Waals surface area (Å²) in [5.41, 5.74) is 0.531. The minimum atomic E-state index is 0.531. The third-order valence-electron chi connectivity index (χ3n) is 3.67. The maximum absolute atomic E-state index is 4.56. The average Bonchev–Trinajstić information content (AvgIpc) is 2.63. The van der Waals surface area contributed by atoms with E-state index in [-0.39, 0.29) is 0 Å². The molecule has 0 unspecified atom stereocenters. The minimum absolute atomic E-state index is 0.531. The van der Waals surface area contributed by atoms with Gasteiger partial charge in [-0.15, -0.1) is 0 Å². The molecule has 0 radical (unpaired) electrons. The second-order valence-corrected chi connectivity index (χ2v) is 5.34. The van der Waals surface area contributed by atoms with Crippen LogP contribution in [-0.2, 0) is 0 Å². The van der Waals surface area contributed by atoms with E-state index in [1.54, 1.807) is 0 Å². The number of thiol groups is 1. The summed E-state index contributed by atoms with van der Waals surface area (Å²) in [4.78, 5) is 2.58. The van der Waals surface area contributed by atoms with Crippen molar-refractivity contribution in [1.29, 1.82) is 0 Å². The molecule has 1 aliphatic rings. The van der Waals surface area contributed by atoms with Gasteiger partial charge in [0.2, 0.25) is 0 Å². The van der Waals surface area contributed by atoms with Crippen molar-refractivity contribution in [3.05, 3.63) is 0 Å². The van der Waals surface area contributed by atoms with Crippen LogP contribution in [0.4, 0.5) is 0 Å². The molecule has 0 N–H and O–H groups in total. The summed E-state index contributed by atoms with van der Waals surface area (Å²) in [6.45, 7) is 9.29. The molecule has 0 spiro atoms. The fourth-order valence-corrected chi connectivity index (χ4v) is 3.00. The topological polar surface area (TPSA) is 3.24 Å². The van der Waals surface area contributed by atoms with Crippen LogP contribution in [-0.4, -0.2) is 29.8 Å². The van der Waals surface area contributed by atoms with Gasteiger partial charge in [-0.25, -0.2) is 0 Å². The first-order valence-corrected chi connectivity index (χ1v) is 6.62. The number of hydrogen-bond donors (Lipinski definition) is 1. The predicted octanol–water partition coefficient (Wildman–Crippen LogP) is 3.21. The van der Waals surface area contributed by atoms with Crippen molar-refractivity contribution in [3.63, 3.8) is 0 Å². The number of nitrogens with zero attached hydrogens (tertiary/aromatic N) is 1. The lowest BCUT2D eigenvalue weighted by Crippen LogP contribution is -2.41. The van der Waals surface area contributed by atoms with E-state index in [0.717, 1.165) is 5.75 Å². The van der Waals surface area contributed by atoms with E-state index in [0.29, 0.717) is 11.5 Å². The van der Waals surface area contributed by atoms with Gasteiger partial charge in [-0.2, -0.15) is 12.6 Å². The van der Waals surface area contributed by atoms with E-state index < -0.39 is 0 Å². The Morgan fingerprint density at radius 3 is 2.21 bits per heavy atom. The Morgan fingerprint density at radius 2 is 1.86 bits per heavy atom. The van der Waals surface area contributed by atoms with Gasteiger partial charge in [0, 0.05) is 12.6 Å². The number of rotatable bonds is 5. The Bertz CT molecular complexity index is 162. The van der Waals surface area contributed by atoms with Crippen molar-refractivity contribution in [2.75, 3.05) is 18.8 Å². The second kappa shape index (κ2) is 5.41. The highest BCUT2D eigenvalue weighted by molar-refractivity contribution is 7.80. The van der Waals surface area contributed by atoms with Gasteiger partial charge in [-0.05, 0) is 44.4 Å². The molecule has 1 nitrogen and oxygen atoms in total. The molecule has 0 bridgehead atoms. The lowest BCUT2D eigenvalue weighted by Gasteiger charge is -2.36. The van der Waals surface area contributed by atoms with E-state index >= 15 is 0 Å². The lowest BCUT2D eigenvalue weighted by molar-refractivity contribution is 0.146. The third kappa shape index (κ3) is 2.90. The third-order valence-corrected chi connectivity index (χ3v) is 4.35. The molecule has 0 aromatic heterocycles. The molecular weight excluding hydrogens is 190 g/mol. The van der Waals surface area contributed by atoms with Crippen LogP contribution >= 0.6 is 12.6 Å². The maximum Gasteiger partial charge on any atom is 0.00484 e. The highest BCUT2D eigenvalue weighted by atomic mass is 32.1. The molecule has 0 aromatic rings. The van der Waals surface area contributed by atoms with Gasteiger partial charge in [0.05, 0.1) is 0 Å². The summed E-state index contributed by atoms with van der Waals surface area (Å²) < 4.78 is 0. The quantitative estimate of drug-likeness (QED) is 0.689. The standard InChI is InChI=1S/C12H25NS/c1-4-13(11(2)3)9-12(10-14)7-5-6-8-12/h11,14H,4-10H2,1-3H3. The zero-order valence-corrected chi connectivity index (χ0v) is 10.8. The zero-order valence-electron chi connectivity index (χ0n) is 9.92. The van der Waals surface area contributed by atoms with Crippen LogP contribution in [0.3, 0.4) is 0 Å². The molecule has 1 saturated carbocycles. The van der Waals surface area contributed by atoms with Gasteiger partial charge in [0.1, 0.15) is 0 Å². The van der Waals surface area contributed by atoms with Crippen LogP contribution in [0.25, 0.3) is 0 Å². The van der Waals surface area contributed by atoms with Crippen molar-refractivity contribution in [3.8, 4) is 0 Å². The van der Waals surface area contributed by atoms with Crippen molar-refractivity contribution in [1.82, 2.24) is 4.90 Å². The minimum Gasteiger partial charge on any atom is -0.301 e. The summed E-state index contributed by atoms with van der Waals surface area (Å²) in [6.07, 6.45) is 5.60. The van der Waals surface area contributed by atoms with E-state index in [4.69, 9.17) is 0 Å². The molecule has 0 amide bonds. The monoisotopic (exact) mass is 215 g/mol. The van der Waals surface area contributed by atoms with Gasteiger partial charge in [-0.3, -0.25) is 0 Å². The summed E-state index contributed by atoms with van der Waals surface area (Å²) >= 11 is 4.56. The first-order chi connectivity index (χ1) is 6.63. The predicted molar refractivity (Wildman–Crippen MR) is 67.1 cm³/mol. The van der Waals surface area contributed by atoms with Crippen molar-refractivity contribution < 1.29 is 0 Å². The molecule has 1 fully saturated rings. The smallest absolute Gasteiger partial charge is 0.00484 e. The van der Waals surface area contributed by atoms with Crippen LogP contribution < -0.4 is 0 Å². The van der Waals surface area contributed by atoms with Gasteiger partial charge < -0.3 is 4.90 Å². The van der Waals surface area contributed by atoms with Gasteiger partial charge in [-0.1, -0.05) is 19.8 Å². The summed E-state index contributed by atoms with van der Waals surface area (Å²) in [5, 5.41) is 0. The Labute approximate surface area is 94.7 Å². The molecule has 14 heavy (non-hydrogen) atoms. The molecule has 0 atom stereocenters. The summed E-state index contributed by atoms with van der Waals surface area (Å²) in [5.74, 6) is 1.07. The zero-order chi connectivity index (χ0) is 10.6. The van der Waals surface area contributed by atoms with Crippen molar-refractivity contribution in [2.45, 2.75) is 52.5 Å². The molecule has 2 heteroatoms. The Hall–Kier alpha value is 0.310. The van der Waals surface area contributed by atoms with E-state index in [9.17, 15) is 0 Å². The van der Waals surface area contributed by atoms with E-state index in [1.165, 1.54) is 38.8 Å². The highest BCUT2D eigenvalue weighted by Gasteiger charge is 2.34. The SMILES string of the molecule is CCN(CC1(CS)CCCC1)C(C)C. The van der Waals surface area contributed by atoms with Crippen LogP contribution in [0.1, 0.15) is 46.5 Å². The molecule has 0 aromatic carbocycles. The highest BCUT2D eigenvalue weighted by Crippen LogP contribution is 2.39. The van der Waals surface area contributed by atoms with Crippen LogP contribution in [0.2, 0.25) is 0 Å². The van der Waals surface area contributed by atoms with Crippen LogP contribution in [0.15, 0.2) is 0 Å². The Balaban J connectivity index is 2.53. The van der Waals surface area contributed by atoms with E-state index in [1.807, 2.05) is 0 Å². The summed E-state index contributed by atoms with van der Waals surface area (Å²) in [7, 11) is 0. The van der Waals surface area contributed by atoms with Gasteiger partial charge in [0.25, 0.3) is 0 Å². The van der Waals surface area contributed by atoms with E-state index in [2.05, 4.69) is 38.3 Å². The first-order valence-electron chi connectivity index (χ1n) is 5.98. The van der Waals surface area contributed by atoms with Crippen LogP contribution in [0.5, 0.6) is 0 Å². The fraction of sp³-hybridized carbons (Fsp3) is 1.00. The maximum atomic E-state index is 4.56. The first kappa shape index (κ1) is 12.4. The molecule has 1 aliphatic carbocycles. The molecule has 0 aliphatic heterocycles. The molecule has 0 heterocycles. The normalized spacial score (nSPS) is 21.0. The molecule has 84 valence electrons. The average molecular weight is 215 g/mol. The second-order valence-electron chi connectivity index (χ2n) is 5.02. The molecule has 0 saturated heterocycles. The van der Waals surface area contributed by atoms with Gasteiger partial charge >= 0.3 is 0 Å². The number of hydrogen-bond acceptors (Lipinski definition) is 2.